The van der Waals surface area contributed by atoms with Gasteiger partial charge < -0.3 is 4.74 Å². The highest BCUT2D eigenvalue weighted by atomic mass is 79.9. The lowest BCUT2D eigenvalue weighted by Gasteiger charge is -2.20. The second kappa shape index (κ2) is 8.93. The van der Waals surface area contributed by atoms with Crippen molar-refractivity contribution in [2.75, 3.05) is 6.61 Å². The van der Waals surface area contributed by atoms with Crippen molar-refractivity contribution in [2.24, 2.45) is 5.10 Å². The Kier molecular flexibility index (Phi) is 6.71. The van der Waals surface area contributed by atoms with Crippen LogP contribution in [0.4, 0.5) is 0 Å². The molecule has 0 bridgehead atoms. The summed E-state index contributed by atoms with van der Waals surface area (Å²) in [6.45, 7) is 6.05. The van der Waals surface area contributed by atoms with E-state index in [1.165, 1.54) is 4.68 Å². The minimum absolute atomic E-state index is 0.106. The van der Waals surface area contributed by atoms with E-state index in [1.807, 2.05) is 32.9 Å². The van der Waals surface area contributed by atoms with Crippen LogP contribution in [0.3, 0.4) is 0 Å². The summed E-state index contributed by atoms with van der Waals surface area (Å²) in [6, 6.07) is 8.89. The summed E-state index contributed by atoms with van der Waals surface area (Å²) in [5.74, 6) is 3.41. The van der Waals surface area contributed by atoms with Crippen LogP contribution in [0.5, 0.6) is 5.75 Å². The van der Waals surface area contributed by atoms with Gasteiger partial charge in [-0.2, -0.15) is 9.78 Å². The van der Waals surface area contributed by atoms with Gasteiger partial charge in [-0.15, -0.1) is 6.42 Å². The number of aromatic nitrogens is 2. The number of hydrogen-bond donors (Lipinski definition) is 0. The number of terminal acetylenes is 1. The summed E-state index contributed by atoms with van der Waals surface area (Å²) >= 11 is 13.1. The maximum Gasteiger partial charge on any atom is 0.282 e. The Hall–Kier alpha value is -2.14. The summed E-state index contributed by atoms with van der Waals surface area (Å²) < 4.78 is 8.21. The summed E-state index contributed by atoms with van der Waals surface area (Å²) in [6.07, 6.45) is 6.79. The number of nitrogens with zero attached hydrogens (tertiary/aromatic N) is 3. The van der Waals surface area contributed by atoms with Gasteiger partial charge in [0, 0.05) is 9.89 Å². The van der Waals surface area contributed by atoms with Crippen molar-refractivity contribution in [2.45, 2.75) is 26.2 Å². The highest BCUT2D eigenvalue weighted by Gasteiger charge is 2.23. The zero-order valence-electron chi connectivity index (χ0n) is 16.5. The molecule has 0 aliphatic heterocycles. The van der Waals surface area contributed by atoms with E-state index in [1.54, 1.807) is 24.4 Å². The van der Waals surface area contributed by atoms with Crippen molar-refractivity contribution >= 4 is 60.6 Å². The van der Waals surface area contributed by atoms with E-state index in [9.17, 15) is 4.79 Å². The van der Waals surface area contributed by atoms with Crippen LogP contribution in [0.2, 0.25) is 5.02 Å². The van der Waals surface area contributed by atoms with Crippen molar-refractivity contribution in [3.63, 3.8) is 0 Å². The Morgan fingerprint density at radius 3 is 2.67 bits per heavy atom. The largest absolute Gasteiger partial charge is 0.478 e. The first kappa shape index (κ1) is 22.5. The third-order valence-corrected chi connectivity index (χ3v) is 5.48. The van der Waals surface area contributed by atoms with Crippen LogP contribution in [0.15, 0.2) is 49.2 Å². The maximum atomic E-state index is 13.2. The topological polar surface area (TPSA) is 56.5 Å². The van der Waals surface area contributed by atoms with Gasteiger partial charge >= 0.3 is 0 Å². The van der Waals surface area contributed by atoms with Gasteiger partial charge in [-0.05, 0) is 51.8 Å². The molecule has 0 saturated carbocycles. The number of halogens is 3. The predicted octanol–water partition coefficient (Wildman–Crippen LogP) is 5.77. The Morgan fingerprint density at radius 1 is 1.30 bits per heavy atom. The average molecular weight is 552 g/mol. The molecule has 1 heterocycles. The molecule has 0 radical (unpaired) electrons. The first-order valence-corrected chi connectivity index (χ1v) is 10.9. The molecule has 30 heavy (non-hydrogen) atoms. The Balaban J connectivity index is 2.13. The summed E-state index contributed by atoms with van der Waals surface area (Å²) in [5.41, 5.74) is 0.658. The average Bonchev–Trinajstić information content (AvgIpc) is 2.66. The highest BCUT2D eigenvalue weighted by Crippen LogP contribution is 2.34. The summed E-state index contributed by atoms with van der Waals surface area (Å²) in [7, 11) is 0. The first-order chi connectivity index (χ1) is 14.1. The van der Waals surface area contributed by atoms with Crippen LogP contribution in [-0.2, 0) is 5.41 Å². The third kappa shape index (κ3) is 4.77. The standard InChI is InChI=1S/C22H18Br2ClN3O2/c1-5-8-30-19-16(24)9-13(10-17(19)25)12-26-28-20(29)15-11-14(23)6-7-18(15)27-21(28)22(2,3)4/h1,6-7,9-12H,8H2,2-4H3. The van der Waals surface area contributed by atoms with Crippen LogP contribution in [0, 0.1) is 12.3 Å². The van der Waals surface area contributed by atoms with E-state index < -0.39 is 5.41 Å². The van der Waals surface area contributed by atoms with Gasteiger partial charge in [0.25, 0.3) is 5.56 Å². The normalized spacial score (nSPS) is 11.8. The molecule has 0 atom stereocenters. The predicted molar refractivity (Wildman–Crippen MR) is 129 cm³/mol. The van der Waals surface area contributed by atoms with Crippen molar-refractivity contribution in [3.8, 4) is 18.1 Å². The number of fused-ring (bicyclic) bond motifs is 1. The Labute approximate surface area is 196 Å². The van der Waals surface area contributed by atoms with Gasteiger partial charge in [-0.3, -0.25) is 4.79 Å². The summed E-state index contributed by atoms with van der Waals surface area (Å²) in [5, 5.41) is 5.30. The molecule has 3 aromatic rings. The van der Waals surface area contributed by atoms with E-state index in [0.717, 1.165) is 4.47 Å². The first-order valence-electron chi connectivity index (χ1n) is 8.94. The second-order valence-electron chi connectivity index (χ2n) is 7.51. The fraction of sp³-hybridized carbons (Fsp3) is 0.227. The molecule has 0 aliphatic rings. The van der Waals surface area contributed by atoms with Crippen molar-refractivity contribution in [3.05, 3.63) is 66.0 Å². The molecule has 8 heteroatoms. The fourth-order valence-electron chi connectivity index (χ4n) is 2.77. The minimum atomic E-state index is -0.400. The molecule has 0 N–H and O–H groups in total. The quantitative estimate of drug-likeness (QED) is 0.306. The van der Waals surface area contributed by atoms with E-state index in [0.29, 0.717) is 37.5 Å². The third-order valence-electron chi connectivity index (χ3n) is 4.12. The lowest BCUT2D eigenvalue weighted by Crippen LogP contribution is -2.29. The molecule has 0 spiro atoms. The van der Waals surface area contributed by atoms with Crippen LogP contribution in [0.1, 0.15) is 32.2 Å². The van der Waals surface area contributed by atoms with Gasteiger partial charge in [0.1, 0.15) is 12.4 Å². The Bertz CT molecular complexity index is 1230. The van der Waals surface area contributed by atoms with Crippen LogP contribution in [0.25, 0.3) is 10.9 Å². The molecule has 154 valence electrons. The van der Waals surface area contributed by atoms with E-state index in [4.69, 9.17) is 27.7 Å². The van der Waals surface area contributed by atoms with Gasteiger partial charge in [0.2, 0.25) is 0 Å². The Morgan fingerprint density at radius 2 is 2.03 bits per heavy atom. The lowest BCUT2D eigenvalue weighted by molar-refractivity contribution is 0.368. The second-order valence-corrected chi connectivity index (χ2v) is 9.69. The molecule has 2 aromatic carbocycles. The number of benzene rings is 2. The SMILES string of the molecule is C#CCOc1c(Cl)cc(C=Nn2c(C(C)(C)C)nc3ccc(Br)cc3c2=O)cc1Br. The number of hydrogen-bond acceptors (Lipinski definition) is 4. The number of rotatable bonds is 4. The maximum absolute atomic E-state index is 13.2. The van der Waals surface area contributed by atoms with E-state index in [-0.39, 0.29) is 12.2 Å². The van der Waals surface area contributed by atoms with Gasteiger partial charge in [-0.25, -0.2) is 4.98 Å². The van der Waals surface area contributed by atoms with E-state index >= 15 is 0 Å². The highest BCUT2D eigenvalue weighted by molar-refractivity contribution is 9.10. The van der Waals surface area contributed by atoms with Crippen molar-refractivity contribution in [1.82, 2.24) is 9.66 Å². The van der Waals surface area contributed by atoms with Gasteiger partial charge in [-0.1, -0.05) is 54.2 Å². The molecule has 1 aromatic heterocycles. The zero-order chi connectivity index (χ0) is 22.1. The monoisotopic (exact) mass is 549 g/mol. The molecule has 0 aliphatic carbocycles. The minimum Gasteiger partial charge on any atom is -0.478 e. The lowest BCUT2D eigenvalue weighted by atomic mass is 9.95. The molecule has 0 unspecified atom stereocenters. The smallest absolute Gasteiger partial charge is 0.282 e. The van der Waals surface area contributed by atoms with Crippen LogP contribution in [-0.4, -0.2) is 22.5 Å². The van der Waals surface area contributed by atoms with Gasteiger partial charge in [0.15, 0.2) is 5.75 Å². The molecule has 3 rings (SSSR count). The number of ether oxygens (including phenoxy) is 1. The molecule has 0 fully saturated rings. The van der Waals surface area contributed by atoms with Crippen LogP contribution < -0.4 is 10.3 Å². The molecule has 0 amide bonds. The van der Waals surface area contributed by atoms with Gasteiger partial charge in [0.05, 0.1) is 26.6 Å². The fourth-order valence-corrected chi connectivity index (χ4v) is 4.12. The van der Waals surface area contributed by atoms with Crippen molar-refractivity contribution in [1.29, 1.82) is 0 Å². The molecular formula is C22H18Br2ClN3O2. The molecule has 5 nitrogen and oxygen atoms in total. The summed E-state index contributed by atoms with van der Waals surface area (Å²) in [4.78, 5) is 17.9. The zero-order valence-corrected chi connectivity index (χ0v) is 20.5. The van der Waals surface area contributed by atoms with Crippen LogP contribution >= 0.6 is 43.5 Å². The van der Waals surface area contributed by atoms with E-state index in [2.05, 4.69) is 42.9 Å². The molecule has 0 saturated heterocycles. The molecular weight excluding hydrogens is 534 g/mol. The van der Waals surface area contributed by atoms with Crippen molar-refractivity contribution < 1.29 is 4.74 Å².